The van der Waals surface area contributed by atoms with Gasteiger partial charge in [0, 0.05) is 28.9 Å². The zero-order valence-electron chi connectivity index (χ0n) is 8.68. The van der Waals surface area contributed by atoms with E-state index in [-0.39, 0.29) is 0 Å². The van der Waals surface area contributed by atoms with E-state index in [1.165, 1.54) is 29.1 Å². The first-order chi connectivity index (χ1) is 6.84. The predicted molar refractivity (Wildman–Crippen MR) is 61.8 cm³/mol. The molecule has 1 aliphatic heterocycles. The highest BCUT2D eigenvalue weighted by molar-refractivity contribution is 7.11. The summed E-state index contributed by atoms with van der Waals surface area (Å²) >= 11 is 1.89. The molecule has 1 saturated heterocycles. The van der Waals surface area contributed by atoms with E-state index in [9.17, 15) is 0 Å². The van der Waals surface area contributed by atoms with Crippen LogP contribution in [0.15, 0.2) is 12.1 Å². The van der Waals surface area contributed by atoms with E-state index in [0.29, 0.717) is 6.04 Å². The van der Waals surface area contributed by atoms with Crippen LogP contribution in [0.5, 0.6) is 0 Å². The molecule has 3 heteroatoms. The van der Waals surface area contributed by atoms with Crippen molar-refractivity contribution in [2.45, 2.75) is 32.4 Å². The molecule has 1 unspecified atom stereocenters. The Kier molecular flexibility index (Phi) is 3.56. The maximum absolute atomic E-state index is 3.60. The molecule has 0 amide bonds. The average molecular weight is 210 g/mol. The third-order valence-corrected chi connectivity index (χ3v) is 3.66. The molecule has 2 heterocycles. The Bertz CT molecular complexity index is 277. The minimum Gasteiger partial charge on any atom is -0.315 e. The van der Waals surface area contributed by atoms with Crippen molar-refractivity contribution in [1.29, 1.82) is 0 Å². The minimum absolute atomic E-state index is 0.672. The lowest BCUT2D eigenvalue weighted by molar-refractivity contribution is 0.390. The number of nitrogens with one attached hydrogen (secondary N) is 2. The lowest BCUT2D eigenvalue weighted by Gasteiger charge is -2.23. The van der Waals surface area contributed by atoms with Gasteiger partial charge in [-0.05, 0) is 38.4 Å². The van der Waals surface area contributed by atoms with Crippen molar-refractivity contribution in [3.8, 4) is 0 Å². The summed E-state index contributed by atoms with van der Waals surface area (Å²) in [5, 5.41) is 7.02. The molecule has 1 aromatic rings. The first-order valence-electron chi connectivity index (χ1n) is 5.34. The maximum atomic E-state index is 3.60. The normalized spacial score (nSPS) is 22.5. The van der Waals surface area contributed by atoms with Crippen molar-refractivity contribution in [3.63, 3.8) is 0 Å². The molecule has 1 aliphatic rings. The summed E-state index contributed by atoms with van der Waals surface area (Å²) in [7, 11) is 0. The van der Waals surface area contributed by atoms with Crippen LogP contribution >= 0.6 is 11.3 Å². The van der Waals surface area contributed by atoms with Gasteiger partial charge in [0.15, 0.2) is 0 Å². The van der Waals surface area contributed by atoms with Gasteiger partial charge < -0.3 is 10.6 Å². The number of piperidine rings is 1. The minimum atomic E-state index is 0.672. The van der Waals surface area contributed by atoms with Gasteiger partial charge in [-0.3, -0.25) is 0 Å². The van der Waals surface area contributed by atoms with Crippen LogP contribution in [-0.2, 0) is 6.54 Å². The van der Waals surface area contributed by atoms with Gasteiger partial charge in [-0.15, -0.1) is 11.3 Å². The zero-order chi connectivity index (χ0) is 9.80. The molecule has 1 atom stereocenters. The van der Waals surface area contributed by atoms with Crippen LogP contribution in [0.1, 0.15) is 22.6 Å². The van der Waals surface area contributed by atoms with Crippen LogP contribution in [0, 0.1) is 6.92 Å². The molecule has 0 radical (unpaired) electrons. The van der Waals surface area contributed by atoms with Crippen LogP contribution in [0.25, 0.3) is 0 Å². The van der Waals surface area contributed by atoms with Gasteiger partial charge in [0.1, 0.15) is 0 Å². The van der Waals surface area contributed by atoms with Crippen LogP contribution in [0.2, 0.25) is 0 Å². The standard InChI is InChI=1S/C11H18N2S/c1-9-4-5-11(14-9)8-13-10-3-2-6-12-7-10/h4-5,10,12-13H,2-3,6-8H2,1H3. The molecule has 78 valence electrons. The maximum Gasteiger partial charge on any atom is 0.0302 e. The van der Waals surface area contributed by atoms with Crippen molar-refractivity contribution < 1.29 is 0 Å². The van der Waals surface area contributed by atoms with Crippen molar-refractivity contribution in [2.24, 2.45) is 0 Å². The number of rotatable bonds is 3. The van der Waals surface area contributed by atoms with E-state index in [1.807, 2.05) is 11.3 Å². The summed E-state index contributed by atoms with van der Waals surface area (Å²) in [6.45, 7) is 5.52. The Morgan fingerprint density at radius 3 is 3.14 bits per heavy atom. The number of thiophene rings is 1. The second kappa shape index (κ2) is 4.91. The molecule has 2 nitrogen and oxygen atoms in total. The van der Waals surface area contributed by atoms with E-state index in [4.69, 9.17) is 0 Å². The fraction of sp³-hybridized carbons (Fsp3) is 0.636. The van der Waals surface area contributed by atoms with Crippen LogP contribution in [0.3, 0.4) is 0 Å². The van der Waals surface area contributed by atoms with E-state index < -0.39 is 0 Å². The van der Waals surface area contributed by atoms with E-state index in [1.54, 1.807) is 0 Å². The van der Waals surface area contributed by atoms with Gasteiger partial charge in [0.05, 0.1) is 0 Å². The van der Waals surface area contributed by atoms with E-state index >= 15 is 0 Å². The molecular formula is C11H18N2S. The fourth-order valence-corrected chi connectivity index (χ4v) is 2.69. The predicted octanol–water partition coefficient (Wildman–Crippen LogP) is 1.90. The lowest BCUT2D eigenvalue weighted by Crippen LogP contribution is -2.42. The Hall–Kier alpha value is -0.380. The average Bonchev–Trinajstić information content (AvgIpc) is 2.63. The molecule has 0 spiro atoms. The van der Waals surface area contributed by atoms with Crippen molar-refractivity contribution in [3.05, 3.63) is 21.9 Å². The second-order valence-corrected chi connectivity index (χ2v) is 5.31. The van der Waals surface area contributed by atoms with Crippen LogP contribution in [-0.4, -0.2) is 19.1 Å². The molecule has 14 heavy (non-hydrogen) atoms. The molecule has 1 fully saturated rings. The summed E-state index contributed by atoms with van der Waals surface area (Å²) < 4.78 is 0. The highest BCUT2D eigenvalue weighted by Crippen LogP contribution is 2.15. The van der Waals surface area contributed by atoms with Crippen LogP contribution < -0.4 is 10.6 Å². The lowest BCUT2D eigenvalue weighted by atomic mass is 10.1. The van der Waals surface area contributed by atoms with Gasteiger partial charge in [0.25, 0.3) is 0 Å². The molecule has 2 N–H and O–H groups in total. The largest absolute Gasteiger partial charge is 0.315 e. The Balaban J connectivity index is 1.76. The smallest absolute Gasteiger partial charge is 0.0302 e. The van der Waals surface area contributed by atoms with Crippen molar-refractivity contribution in [2.75, 3.05) is 13.1 Å². The fourth-order valence-electron chi connectivity index (χ4n) is 1.85. The molecule has 2 rings (SSSR count). The topological polar surface area (TPSA) is 24.1 Å². The number of hydrogen-bond donors (Lipinski definition) is 2. The van der Waals surface area contributed by atoms with Crippen LogP contribution in [0.4, 0.5) is 0 Å². The Morgan fingerprint density at radius 2 is 2.50 bits per heavy atom. The summed E-state index contributed by atoms with van der Waals surface area (Å²) in [6, 6.07) is 5.09. The van der Waals surface area contributed by atoms with Crippen molar-refractivity contribution >= 4 is 11.3 Å². The first kappa shape index (κ1) is 10.1. The third-order valence-electron chi connectivity index (χ3n) is 2.66. The van der Waals surface area contributed by atoms with Gasteiger partial charge in [0.2, 0.25) is 0 Å². The number of hydrogen-bond acceptors (Lipinski definition) is 3. The zero-order valence-corrected chi connectivity index (χ0v) is 9.49. The van der Waals surface area contributed by atoms with Gasteiger partial charge in [-0.1, -0.05) is 0 Å². The quantitative estimate of drug-likeness (QED) is 0.796. The molecule has 1 aromatic heterocycles. The molecule has 0 saturated carbocycles. The summed E-state index contributed by atoms with van der Waals surface area (Å²) in [4.78, 5) is 2.86. The SMILES string of the molecule is Cc1ccc(CNC2CCCNC2)s1. The second-order valence-electron chi connectivity index (χ2n) is 3.94. The van der Waals surface area contributed by atoms with E-state index in [0.717, 1.165) is 13.1 Å². The highest BCUT2D eigenvalue weighted by atomic mass is 32.1. The van der Waals surface area contributed by atoms with Gasteiger partial charge in [-0.25, -0.2) is 0 Å². The summed E-state index contributed by atoms with van der Waals surface area (Å²) in [6.07, 6.45) is 2.62. The van der Waals surface area contributed by atoms with Gasteiger partial charge >= 0.3 is 0 Å². The van der Waals surface area contributed by atoms with Crippen molar-refractivity contribution in [1.82, 2.24) is 10.6 Å². The van der Waals surface area contributed by atoms with Gasteiger partial charge in [-0.2, -0.15) is 0 Å². The highest BCUT2D eigenvalue weighted by Gasteiger charge is 2.11. The first-order valence-corrected chi connectivity index (χ1v) is 6.15. The summed E-state index contributed by atoms with van der Waals surface area (Å²) in [5.41, 5.74) is 0. The third kappa shape index (κ3) is 2.80. The molecule has 0 bridgehead atoms. The summed E-state index contributed by atoms with van der Waals surface area (Å²) in [5.74, 6) is 0. The molecule has 0 aromatic carbocycles. The Morgan fingerprint density at radius 1 is 1.57 bits per heavy atom. The Labute approximate surface area is 89.7 Å². The van der Waals surface area contributed by atoms with E-state index in [2.05, 4.69) is 29.7 Å². The number of aryl methyl sites for hydroxylation is 1. The monoisotopic (exact) mass is 210 g/mol. The molecular weight excluding hydrogens is 192 g/mol. The molecule has 0 aliphatic carbocycles.